The number of amides is 1. The molecule has 0 aliphatic carbocycles. The molecule has 0 aromatic heterocycles. The van der Waals surface area contributed by atoms with E-state index in [0.717, 1.165) is 19.3 Å². The average Bonchev–Trinajstić information content (AvgIpc) is 2.46. The molecule has 6 heteroatoms. The fourth-order valence-corrected chi connectivity index (χ4v) is 2.69. The topological polar surface area (TPSA) is 55.8 Å². The van der Waals surface area contributed by atoms with Crippen molar-refractivity contribution in [2.75, 3.05) is 17.5 Å². The molecule has 0 bridgehead atoms. The van der Waals surface area contributed by atoms with Gasteiger partial charge < -0.3 is 14.4 Å². The van der Waals surface area contributed by atoms with Gasteiger partial charge in [-0.3, -0.25) is 4.79 Å². The quantitative estimate of drug-likeness (QED) is 0.382. The Bertz CT molecular complexity index is 401. The van der Waals surface area contributed by atoms with Crippen LogP contribution in [0.4, 0.5) is 4.79 Å². The summed E-state index contributed by atoms with van der Waals surface area (Å²) in [6.45, 7) is 11.0. The zero-order valence-electron chi connectivity index (χ0n) is 14.3. The van der Waals surface area contributed by atoms with E-state index >= 15 is 0 Å². The zero-order chi connectivity index (χ0) is 17.0. The summed E-state index contributed by atoms with van der Waals surface area (Å²) in [6, 6.07) is 0. The molecule has 1 saturated heterocycles. The van der Waals surface area contributed by atoms with Crippen LogP contribution in [-0.4, -0.2) is 45.7 Å². The summed E-state index contributed by atoms with van der Waals surface area (Å²) >= 11 is 2.01. The molecule has 1 amide bonds. The maximum absolute atomic E-state index is 12.2. The van der Waals surface area contributed by atoms with Gasteiger partial charge in [0.2, 0.25) is 0 Å². The minimum Gasteiger partial charge on any atom is -0.459 e. The molecular weight excluding hydrogens is 397 g/mol. The third kappa shape index (κ3) is 5.59. The summed E-state index contributed by atoms with van der Waals surface area (Å²) in [7, 11) is 0. The Kier molecular flexibility index (Phi) is 6.95. The molecule has 0 atom stereocenters. The van der Waals surface area contributed by atoms with Crippen molar-refractivity contribution in [3.63, 3.8) is 0 Å². The molecule has 1 rings (SSSR count). The van der Waals surface area contributed by atoms with Gasteiger partial charge in [-0.15, -0.1) is 0 Å². The molecule has 1 heterocycles. The lowest BCUT2D eigenvalue weighted by atomic mass is 9.83. The van der Waals surface area contributed by atoms with Crippen LogP contribution in [0.3, 0.4) is 0 Å². The SMILES string of the molecule is CCC(C)(C)OC(=O)N1CCC(C(C)(C)OC(=O)CI)CC1. The third-order valence-electron chi connectivity index (χ3n) is 4.44. The Morgan fingerprint density at radius 2 is 1.68 bits per heavy atom. The zero-order valence-corrected chi connectivity index (χ0v) is 16.4. The molecule has 0 N–H and O–H groups in total. The lowest BCUT2D eigenvalue weighted by Gasteiger charge is -2.40. The number of piperidine rings is 1. The predicted octanol–water partition coefficient (Wildman–Crippen LogP) is 3.78. The van der Waals surface area contributed by atoms with E-state index in [9.17, 15) is 9.59 Å². The first kappa shape index (κ1) is 19.5. The number of likely N-dealkylation sites (tertiary alicyclic amines) is 1. The van der Waals surface area contributed by atoms with E-state index in [1.807, 2.05) is 57.2 Å². The molecule has 1 fully saturated rings. The number of rotatable bonds is 5. The van der Waals surface area contributed by atoms with Gasteiger partial charge in [0.15, 0.2) is 0 Å². The highest BCUT2D eigenvalue weighted by Gasteiger charge is 2.37. The predicted molar refractivity (Wildman–Crippen MR) is 94.2 cm³/mol. The summed E-state index contributed by atoms with van der Waals surface area (Å²) in [6.07, 6.45) is 2.19. The molecule has 0 spiro atoms. The summed E-state index contributed by atoms with van der Waals surface area (Å²) < 4.78 is 11.4. The van der Waals surface area contributed by atoms with Crippen molar-refractivity contribution >= 4 is 34.7 Å². The number of halogens is 1. The van der Waals surface area contributed by atoms with Crippen LogP contribution < -0.4 is 0 Å². The summed E-state index contributed by atoms with van der Waals surface area (Å²) in [5, 5.41) is 0. The van der Waals surface area contributed by atoms with E-state index in [2.05, 4.69) is 0 Å². The van der Waals surface area contributed by atoms with Crippen molar-refractivity contribution in [3.05, 3.63) is 0 Å². The lowest BCUT2D eigenvalue weighted by Crippen LogP contribution is -2.47. The summed E-state index contributed by atoms with van der Waals surface area (Å²) in [5.41, 5.74) is -0.913. The number of esters is 1. The Balaban J connectivity index is 2.52. The first-order valence-electron chi connectivity index (χ1n) is 7.87. The van der Waals surface area contributed by atoms with Gasteiger partial charge in [0.25, 0.3) is 0 Å². The molecule has 0 aromatic carbocycles. The van der Waals surface area contributed by atoms with Crippen LogP contribution in [0.15, 0.2) is 0 Å². The van der Waals surface area contributed by atoms with Gasteiger partial charge in [0, 0.05) is 19.0 Å². The largest absolute Gasteiger partial charge is 0.459 e. The lowest BCUT2D eigenvalue weighted by molar-refractivity contribution is -0.159. The number of carbonyl (C=O) groups is 2. The molecule has 5 nitrogen and oxygen atoms in total. The molecule has 0 radical (unpaired) electrons. The number of alkyl halides is 1. The van der Waals surface area contributed by atoms with Crippen LogP contribution in [0.2, 0.25) is 0 Å². The van der Waals surface area contributed by atoms with E-state index in [1.165, 1.54) is 0 Å². The van der Waals surface area contributed by atoms with Gasteiger partial charge in [-0.25, -0.2) is 4.79 Å². The second kappa shape index (κ2) is 7.84. The molecule has 128 valence electrons. The van der Waals surface area contributed by atoms with Crippen molar-refractivity contribution in [2.45, 2.75) is 65.1 Å². The molecule has 1 aliphatic rings. The van der Waals surface area contributed by atoms with Crippen molar-refractivity contribution in [3.8, 4) is 0 Å². The van der Waals surface area contributed by atoms with Crippen molar-refractivity contribution in [1.29, 1.82) is 0 Å². The van der Waals surface area contributed by atoms with E-state index in [1.54, 1.807) is 4.90 Å². The molecule has 0 unspecified atom stereocenters. The van der Waals surface area contributed by atoms with Gasteiger partial charge in [-0.05, 0) is 47.0 Å². The Labute approximate surface area is 147 Å². The number of nitrogens with zero attached hydrogens (tertiary/aromatic N) is 1. The van der Waals surface area contributed by atoms with Crippen LogP contribution >= 0.6 is 22.6 Å². The molecule has 0 aromatic rings. The second-order valence-corrected chi connectivity index (χ2v) is 7.72. The van der Waals surface area contributed by atoms with Crippen LogP contribution in [0.1, 0.15) is 53.9 Å². The Morgan fingerprint density at radius 1 is 1.14 bits per heavy atom. The van der Waals surface area contributed by atoms with Crippen molar-refractivity contribution in [2.24, 2.45) is 5.92 Å². The molecule has 0 saturated carbocycles. The van der Waals surface area contributed by atoms with Crippen molar-refractivity contribution in [1.82, 2.24) is 4.90 Å². The standard InChI is InChI=1S/C16H28INO4/c1-6-15(2,3)22-14(20)18-9-7-12(8-10-18)16(4,5)21-13(19)11-17/h12H,6-11H2,1-5H3. The normalized spacial score (nSPS) is 17.3. The van der Waals surface area contributed by atoms with Crippen LogP contribution in [-0.2, 0) is 14.3 Å². The fourth-order valence-electron chi connectivity index (χ4n) is 2.53. The maximum atomic E-state index is 12.2. The maximum Gasteiger partial charge on any atom is 0.410 e. The fraction of sp³-hybridized carbons (Fsp3) is 0.875. The first-order chi connectivity index (χ1) is 10.1. The molecular formula is C16H28INO4. The highest BCUT2D eigenvalue weighted by atomic mass is 127. The number of hydrogen-bond donors (Lipinski definition) is 0. The number of ether oxygens (including phenoxy) is 2. The summed E-state index contributed by atoms with van der Waals surface area (Å²) in [5.74, 6) is 0.0831. The minimum atomic E-state index is -0.485. The smallest absolute Gasteiger partial charge is 0.410 e. The van der Waals surface area contributed by atoms with Crippen LogP contribution in [0.5, 0.6) is 0 Å². The first-order valence-corrected chi connectivity index (χ1v) is 9.39. The van der Waals surface area contributed by atoms with Gasteiger partial charge in [0.1, 0.15) is 11.2 Å². The van der Waals surface area contributed by atoms with E-state index in [0.29, 0.717) is 17.5 Å². The highest BCUT2D eigenvalue weighted by Crippen LogP contribution is 2.32. The van der Waals surface area contributed by atoms with Gasteiger partial charge >= 0.3 is 12.1 Å². The minimum absolute atomic E-state index is 0.183. The monoisotopic (exact) mass is 425 g/mol. The highest BCUT2D eigenvalue weighted by molar-refractivity contribution is 14.1. The Morgan fingerprint density at radius 3 is 2.14 bits per heavy atom. The van der Waals surface area contributed by atoms with Crippen LogP contribution in [0.25, 0.3) is 0 Å². The second-order valence-electron chi connectivity index (χ2n) is 6.95. The Hall–Kier alpha value is -0.530. The summed E-state index contributed by atoms with van der Waals surface area (Å²) in [4.78, 5) is 25.4. The third-order valence-corrected chi connectivity index (χ3v) is 5.06. The number of hydrogen-bond acceptors (Lipinski definition) is 4. The van der Waals surface area contributed by atoms with E-state index < -0.39 is 11.2 Å². The molecule has 22 heavy (non-hydrogen) atoms. The van der Waals surface area contributed by atoms with E-state index in [4.69, 9.17) is 9.47 Å². The number of carbonyl (C=O) groups excluding carboxylic acids is 2. The van der Waals surface area contributed by atoms with Crippen molar-refractivity contribution < 1.29 is 19.1 Å². The van der Waals surface area contributed by atoms with Gasteiger partial charge in [-0.1, -0.05) is 29.5 Å². The van der Waals surface area contributed by atoms with Crippen LogP contribution in [0, 0.1) is 5.92 Å². The van der Waals surface area contributed by atoms with Gasteiger partial charge in [-0.2, -0.15) is 0 Å². The van der Waals surface area contributed by atoms with E-state index in [-0.39, 0.29) is 18.0 Å². The van der Waals surface area contributed by atoms with Gasteiger partial charge in [0.05, 0.1) is 4.43 Å². The average molecular weight is 425 g/mol. The molecule has 1 aliphatic heterocycles.